The number of benzene rings is 3. The standard InChI is InChI=1S/C28H29N3O4/c1-28(26(34)30-27(28)35-22-13-6-3-7-14-22)31-25(33)19-17-21-12-8-9-15-23(21)29-24(32)18-16-20-10-4-2-5-11-20/h2-15,27H,16-19H2,1H3,(H,29,32)(H,30,34)(H,31,33)/t27-,28+/m0/s1. The molecule has 35 heavy (non-hydrogen) atoms. The zero-order valence-corrected chi connectivity index (χ0v) is 19.6. The van der Waals surface area contributed by atoms with E-state index in [0.717, 1.165) is 11.1 Å². The molecular formula is C28H29N3O4. The Kier molecular flexibility index (Phi) is 7.45. The second kappa shape index (κ2) is 10.9. The molecule has 3 aromatic rings. The Bertz CT molecular complexity index is 1180. The SMILES string of the molecule is C[C@@]1(NC(=O)CCc2ccccc2NC(=O)CCc2ccccc2)C(=O)N[C@H]1Oc1ccccc1. The molecule has 1 aliphatic rings. The quantitative estimate of drug-likeness (QED) is 0.394. The van der Waals surface area contributed by atoms with Gasteiger partial charge in [0.1, 0.15) is 5.75 Å². The number of carbonyl (C=O) groups is 3. The zero-order valence-electron chi connectivity index (χ0n) is 19.6. The molecular weight excluding hydrogens is 442 g/mol. The first-order valence-electron chi connectivity index (χ1n) is 11.7. The first kappa shape index (κ1) is 24.0. The highest BCUT2D eigenvalue weighted by Crippen LogP contribution is 2.25. The van der Waals surface area contributed by atoms with E-state index < -0.39 is 11.8 Å². The number of carbonyl (C=O) groups excluding carboxylic acids is 3. The summed E-state index contributed by atoms with van der Waals surface area (Å²) in [5.41, 5.74) is 1.50. The van der Waals surface area contributed by atoms with E-state index in [1.807, 2.05) is 72.8 Å². The van der Waals surface area contributed by atoms with Crippen molar-refractivity contribution in [1.82, 2.24) is 10.6 Å². The Morgan fingerprint density at radius 1 is 0.857 bits per heavy atom. The van der Waals surface area contributed by atoms with Crippen molar-refractivity contribution in [2.24, 2.45) is 0 Å². The summed E-state index contributed by atoms with van der Waals surface area (Å²) < 4.78 is 5.82. The topological polar surface area (TPSA) is 96.5 Å². The van der Waals surface area contributed by atoms with Gasteiger partial charge in [0.05, 0.1) is 0 Å². The monoisotopic (exact) mass is 471 g/mol. The molecule has 0 radical (unpaired) electrons. The molecule has 3 aromatic carbocycles. The molecule has 7 nitrogen and oxygen atoms in total. The van der Waals surface area contributed by atoms with E-state index in [9.17, 15) is 14.4 Å². The van der Waals surface area contributed by atoms with Crippen molar-refractivity contribution in [3.05, 3.63) is 96.1 Å². The van der Waals surface area contributed by atoms with Gasteiger partial charge < -0.3 is 20.7 Å². The second-order valence-corrected chi connectivity index (χ2v) is 8.73. The van der Waals surface area contributed by atoms with Crippen LogP contribution in [-0.2, 0) is 27.2 Å². The molecule has 4 rings (SSSR count). The van der Waals surface area contributed by atoms with Crippen LogP contribution in [0.2, 0.25) is 0 Å². The maximum absolute atomic E-state index is 12.7. The molecule has 1 heterocycles. The van der Waals surface area contributed by atoms with Crippen LogP contribution in [-0.4, -0.2) is 29.5 Å². The molecule has 1 aliphatic heterocycles. The zero-order chi connectivity index (χ0) is 24.7. The maximum atomic E-state index is 12.7. The number of hydrogen-bond donors (Lipinski definition) is 3. The summed E-state index contributed by atoms with van der Waals surface area (Å²) in [5.74, 6) is -0.0349. The fourth-order valence-corrected chi connectivity index (χ4v) is 3.94. The van der Waals surface area contributed by atoms with Crippen LogP contribution in [0, 0.1) is 0 Å². The van der Waals surface area contributed by atoms with Gasteiger partial charge in [-0.25, -0.2) is 0 Å². The van der Waals surface area contributed by atoms with E-state index in [4.69, 9.17) is 4.74 Å². The van der Waals surface area contributed by atoms with Crippen LogP contribution >= 0.6 is 0 Å². The van der Waals surface area contributed by atoms with E-state index in [0.29, 0.717) is 30.7 Å². The average Bonchev–Trinajstić information content (AvgIpc) is 2.88. The minimum absolute atomic E-state index is 0.0784. The van der Waals surface area contributed by atoms with E-state index >= 15 is 0 Å². The lowest BCUT2D eigenvalue weighted by Gasteiger charge is -2.45. The van der Waals surface area contributed by atoms with Gasteiger partial charge in [0.15, 0.2) is 5.54 Å². The summed E-state index contributed by atoms with van der Waals surface area (Å²) in [6.07, 6.45) is 0.956. The molecule has 1 saturated heterocycles. The van der Waals surface area contributed by atoms with E-state index in [-0.39, 0.29) is 24.1 Å². The fraction of sp³-hybridized carbons (Fsp3) is 0.250. The Morgan fingerprint density at radius 3 is 2.20 bits per heavy atom. The number of ether oxygens (including phenoxy) is 1. The number of para-hydroxylation sites is 2. The Hall–Kier alpha value is -4.13. The highest BCUT2D eigenvalue weighted by molar-refractivity contribution is 5.97. The molecule has 7 heteroatoms. The van der Waals surface area contributed by atoms with Crippen molar-refractivity contribution < 1.29 is 19.1 Å². The second-order valence-electron chi connectivity index (χ2n) is 8.73. The largest absolute Gasteiger partial charge is 0.468 e. The maximum Gasteiger partial charge on any atom is 0.254 e. The van der Waals surface area contributed by atoms with Crippen LogP contribution in [0.15, 0.2) is 84.9 Å². The van der Waals surface area contributed by atoms with Crippen molar-refractivity contribution in [1.29, 1.82) is 0 Å². The van der Waals surface area contributed by atoms with Gasteiger partial charge in [-0.3, -0.25) is 14.4 Å². The van der Waals surface area contributed by atoms with Crippen LogP contribution in [0.5, 0.6) is 5.75 Å². The number of nitrogens with one attached hydrogen (secondary N) is 3. The summed E-state index contributed by atoms with van der Waals surface area (Å²) in [6, 6.07) is 26.4. The predicted octanol–water partition coefficient (Wildman–Crippen LogP) is 3.60. The van der Waals surface area contributed by atoms with Crippen LogP contribution in [0.3, 0.4) is 0 Å². The van der Waals surface area contributed by atoms with Crippen molar-refractivity contribution in [2.75, 3.05) is 5.32 Å². The van der Waals surface area contributed by atoms with Crippen LogP contribution in [0.25, 0.3) is 0 Å². The molecule has 0 spiro atoms. The minimum Gasteiger partial charge on any atom is -0.468 e. The van der Waals surface area contributed by atoms with Gasteiger partial charge in [-0.2, -0.15) is 0 Å². The van der Waals surface area contributed by atoms with E-state index in [2.05, 4.69) is 16.0 Å². The van der Waals surface area contributed by atoms with E-state index in [1.54, 1.807) is 19.1 Å². The van der Waals surface area contributed by atoms with Crippen LogP contribution in [0.4, 0.5) is 5.69 Å². The lowest BCUT2D eigenvalue weighted by molar-refractivity contribution is -0.153. The van der Waals surface area contributed by atoms with Gasteiger partial charge in [-0.05, 0) is 49.1 Å². The first-order chi connectivity index (χ1) is 16.9. The molecule has 0 aliphatic carbocycles. The number of amides is 3. The van der Waals surface area contributed by atoms with Gasteiger partial charge in [0.25, 0.3) is 5.91 Å². The molecule has 0 unspecified atom stereocenters. The van der Waals surface area contributed by atoms with Crippen molar-refractivity contribution in [2.45, 2.75) is 44.4 Å². The lowest BCUT2D eigenvalue weighted by Crippen LogP contribution is -2.79. The summed E-state index contributed by atoms with van der Waals surface area (Å²) >= 11 is 0. The summed E-state index contributed by atoms with van der Waals surface area (Å²) in [6.45, 7) is 1.65. The van der Waals surface area contributed by atoms with Crippen LogP contribution < -0.4 is 20.7 Å². The normalized spacial score (nSPS) is 18.7. The van der Waals surface area contributed by atoms with Gasteiger partial charge >= 0.3 is 0 Å². The average molecular weight is 472 g/mol. The van der Waals surface area contributed by atoms with Gasteiger partial charge in [-0.15, -0.1) is 0 Å². The van der Waals surface area contributed by atoms with Gasteiger partial charge in [0.2, 0.25) is 18.0 Å². The summed E-state index contributed by atoms with van der Waals surface area (Å²) in [5, 5.41) is 8.47. The molecule has 2 atom stereocenters. The number of β-lactam (4-membered cyclic amide) rings is 1. The Morgan fingerprint density at radius 2 is 1.49 bits per heavy atom. The molecule has 0 aromatic heterocycles. The Labute approximate surface area is 204 Å². The van der Waals surface area contributed by atoms with Crippen LogP contribution in [0.1, 0.15) is 30.9 Å². The lowest BCUT2D eigenvalue weighted by atomic mass is 9.90. The third-order valence-corrected chi connectivity index (χ3v) is 6.05. The summed E-state index contributed by atoms with van der Waals surface area (Å²) in [4.78, 5) is 37.5. The third-order valence-electron chi connectivity index (χ3n) is 6.05. The van der Waals surface area contributed by atoms with Gasteiger partial charge in [-0.1, -0.05) is 66.7 Å². The predicted molar refractivity (Wildman–Crippen MR) is 134 cm³/mol. The molecule has 180 valence electrons. The van der Waals surface area contributed by atoms with Crippen molar-refractivity contribution in [3.8, 4) is 5.75 Å². The van der Waals surface area contributed by atoms with Crippen molar-refractivity contribution in [3.63, 3.8) is 0 Å². The van der Waals surface area contributed by atoms with Gasteiger partial charge in [0, 0.05) is 18.5 Å². The molecule has 1 fully saturated rings. The molecule has 0 saturated carbocycles. The van der Waals surface area contributed by atoms with E-state index in [1.165, 1.54) is 0 Å². The number of hydrogen-bond acceptors (Lipinski definition) is 4. The molecule has 3 N–H and O–H groups in total. The van der Waals surface area contributed by atoms with Crippen molar-refractivity contribution >= 4 is 23.4 Å². The minimum atomic E-state index is -1.15. The number of aryl methyl sites for hydroxylation is 2. The third kappa shape index (κ3) is 6.06. The number of anilines is 1. The number of rotatable bonds is 10. The highest BCUT2D eigenvalue weighted by atomic mass is 16.5. The first-order valence-corrected chi connectivity index (χ1v) is 11.7. The smallest absolute Gasteiger partial charge is 0.254 e. The Balaban J connectivity index is 1.30. The summed E-state index contributed by atoms with van der Waals surface area (Å²) in [7, 11) is 0. The fourth-order valence-electron chi connectivity index (χ4n) is 3.94. The highest BCUT2D eigenvalue weighted by Gasteiger charge is 2.54. The molecule has 3 amide bonds. The molecule has 0 bridgehead atoms.